The van der Waals surface area contributed by atoms with Crippen LogP contribution in [0, 0.1) is 5.92 Å². The summed E-state index contributed by atoms with van der Waals surface area (Å²) < 4.78 is 11.7. The van der Waals surface area contributed by atoms with Gasteiger partial charge in [0, 0.05) is 0 Å². The molecule has 0 amide bonds. The fraction of sp³-hybridized carbons (Fsp3) is 0.368. The molecule has 0 heterocycles. The molecule has 0 saturated heterocycles. The van der Waals surface area contributed by atoms with Crippen molar-refractivity contribution >= 4 is 17.3 Å². The van der Waals surface area contributed by atoms with Gasteiger partial charge >= 0.3 is 0 Å². The molecule has 2 aromatic carbocycles. The van der Waals surface area contributed by atoms with Crippen molar-refractivity contribution in [2.75, 3.05) is 18.5 Å². The number of rotatable bonds is 8. The van der Waals surface area contributed by atoms with Crippen LogP contribution in [0.4, 0.5) is 5.69 Å². The molecular formula is C19H24ClNO2. The molecule has 0 aliphatic carbocycles. The van der Waals surface area contributed by atoms with E-state index in [4.69, 9.17) is 21.1 Å². The van der Waals surface area contributed by atoms with Gasteiger partial charge < -0.3 is 14.8 Å². The highest BCUT2D eigenvalue weighted by Gasteiger charge is 2.09. The lowest BCUT2D eigenvalue weighted by atomic mass is 10.2. The Bertz CT molecular complexity index is 616. The third-order valence-corrected chi connectivity index (χ3v) is 3.52. The summed E-state index contributed by atoms with van der Waals surface area (Å²) >= 11 is 6.12. The van der Waals surface area contributed by atoms with Gasteiger partial charge in [0.2, 0.25) is 0 Å². The van der Waals surface area contributed by atoms with E-state index in [2.05, 4.69) is 19.2 Å². The molecule has 1 atom stereocenters. The summed E-state index contributed by atoms with van der Waals surface area (Å²) in [7, 11) is 0. The molecule has 0 spiro atoms. The minimum absolute atomic E-state index is 0.0203. The van der Waals surface area contributed by atoms with E-state index >= 15 is 0 Å². The molecule has 0 fully saturated rings. The molecule has 0 aliphatic rings. The van der Waals surface area contributed by atoms with E-state index in [9.17, 15) is 0 Å². The van der Waals surface area contributed by atoms with Gasteiger partial charge in [0.15, 0.2) is 0 Å². The van der Waals surface area contributed by atoms with E-state index in [0.29, 0.717) is 29.8 Å². The Labute approximate surface area is 143 Å². The van der Waals surface area contributed by atoms with Crippen molar-refractivity contribution in [1.29, 1.82) is 0 Å². The number of hydrogen-bond donors (Lipinski definition) is 1. The van der Waals surface area contributed by atoms with Crippen LogP contribution in [0.15, 0.2) is 48.5 Å². The Morgan fingerprint density at radius 1 is 0.957 bits per heavy atom. The lowest BCUT2D eigenvalue weighted by molar-refractivity contribution is 0.234. The van der Waals surface area contributed by atoms with Gasteiger partial charge in [-0.15, -0.1) is 0 Å². The smallest absolute Gasteiger partial charge is 0.142 e. The molecule has 124 valence electrons. The average Bonchev–Trinajstić information content (AvgIpc) is 2.54. The van der Waals surface area contributed by atoms with E-state index in [0.717, 1.165) is 11.4 Å². The number of nitrogens with one attached hydrogen (secondary N) is 1. The number of anilines is 1. The number of halogens is 1. The van der Waals surface area contributed by atoms with Crippen LogP contribution >= 0.6 is 11.6 Å². The van der Waals surface area contributed by atoms with Gasteiger partial charge in [-0.1, -0.05) is 49.7 Å². The van der Waals surface area contributed by atoms with Crippen molar-refractivity contribution < 1.29 is 9.47 Å². The molecule has 0 aromatic heterocycles. The Balaban J connectivity index is 1.91. The molecule has 0 aliphatic heterocycles. The molecule has 2 rings (SSSR count). The highest BCUT2D eigenvalue weighted by Crippen LogP contribution is 2.26. The predicted molar refractivity (Wildman–Crippen MR) is 96.8 cm³/mol. The van der Waals surface area contributed by atoms with Gasteiger partial charge in [-0.3, -0.25) is 0 Å². The molecule has 1 unspecified atom stereocenters. The van der Waals surface area contributed by atoms with Crippen LogP contribution in [0.2, 0.25) is 5.02 Å². The summed E-state index contributed by atoms with van der Waals surface area (Å²) in [5.74, 6) is 2.06. The Kier molecular flexibility index (Phi) is 6.60. The van der Waals surface area contributed by atoms with E-state index < -0.39 is 0 Å². The molecule has 3 nitrogen and oxygen atoms in total. The summed E-state index contributed by atoms with van der Waals surface area (Å²) in [6, 6.07) is 15.5. The normalized spacial score (nSPS) is 12.0. The fourth-order valence-electron chi connectivity index (χ4n) is 2.05. The van der Waals surface area contributed by atoms with Crippen molar-refractivity contribution in [2.24, 2.45) is 5.92 Å². The Morgan fingerprint density at radius 2 is 1.61 bits per heavy atom. The maximum Gasteiger partial charge on any atom is 0.142 e. The molecule has 23 heavy (non-hydrogen) atoms. The molecule has 4 heteroatoms. The van der Waals surface area contributed by atoms with E-state index in [1.54, 1.807) is 0 Å². The van der Waals surface area contributed by atoms with Crippen LogP contribution in [0.1, 0.15) is 20.8 Å². The zero-order chi connectivity index (χ0) is 16.7. The summed E-state index contributed by atoms with van der Waals surface area (Å²) in [5.41, 5.74) is 0.975. The first kappa shape index (κ1) is 17.5. The molecule has 0 radical (unpaired) electrons. The predicted octanol–water partition coefficient (Wildman–Crippen LogP) is 5.25. The SMILES string of the molecule is CC(C)COc1ccccc1NCC(C)Oc1ccccc1Cl. The number of ether oxygens (including phenoxy) is 2. The number of hydrogen-bond acceptors (Lipinski definition) is 3. The van der Waals surface area contributed by atoms with Crippen molar-refractivity contribution in [3.8, 4) is 11.5 Å². The lowest BCUT2D eigenvalue weighted by Crippen LogP contribution is -2.23. The first-order chi connectivity index (χ1) is 11.1. The first-order valence-electron chi connectivity index (χ1n) is 7.93. The van der Waals surface area contributed by atoms with Gasteiger partial charge in [0.05, 0.1) is 23.9 Å². The minimum Gasteiger partial charge on any atom is -0.491 e. The summed E-state index contributed by atoms with van der Waals surface area (Å²) in [6.45, 7) is 7.64. The monoisotopic (exact) mass is 333 g/mol. The number of para-hydroxylation sites is 3. The van der Waals surface area contributed by atoms with Crippen LogP contribution in [-0.2, 0) is 0 Å². The zero-order valence-corrected chi connectivity index (χ0v) is 14.6. The molecule has 0 bridgehead atoms. The first-order valence-corrected chi connectivity index (χ1v) is 8.31. The fourth-order valence-corrected chi connectivity index (χ4v) is 2.23. The van der Waals surface area contributed by atoms with Crippen LogP contribution < -0.4 is 14.8 Å². The third-order valence-electron chi connectivity index (χ3n) is 3.20. The van der Waals surface area contributed by atoms with Gasteiger partial charge in [-0.25, -0.2) is 0 Å². The summed E-state index contributed by atoms with van der Waals surface area (Å²) in [5, 5.41) is 4.01. The molecule has 2 aromatic rings. The Morgan fingerprint density at radius 3 is 2.30 bits per heavy atom. The highest BCUT2D eigenvalue weighted by atomic mass is 35.5. The van der Waals surface area contributed by atoms with Crippen molar-refractivity contribution in [3.63, 3.8) is 0 Å². The Hall–Kier alpha value is -1.87. The summed E-state index contributed by atoms with van der Waals surface area (Å²) in [4.78, 5) is 0. The van der Waals surface area contributed by atoms with Crippen LogP contribution in [0.3, 0.4) is 0 Å². The maximum atomic E-state index is 6.12. The lowest BCUT2D eigenvalue weighted by Gasteiger charge is -2.19. The van der Waals surface area contributed by atoms with Gasteiger partial charge in [0.1, 0.15) is 17.6 Å². The van der Waals surface area contributed by atoms with E-state index in [-0.39, 0.29) is 6.10 Å². The van der Waals surface area contributed by atoms with Gasteiger partial charge in [0.25, 0.3) is 0 Å². The zero-order valence-electron chi connectivity index (χ0n) is 13.9. The van der Waals surface area contributed by atoms with Crippen LogP contribution in [0.25, 0.3) is 0 Å². The second-order valence-corrected chi connectivity index (χ2v) is 6.35. The van der Waals surface area contributed by atoms with E-state index in [1.807, 2.05) is 55.5 Å². The second-order valence-electron chi connectivity index (χ2n) is 5.94. The third kappa shape index (κ3) is 5.68. The van der Waals surface area contributed by atoms with Crippen LogP contribution in [0.5, 0.6) is 11.5 Å². The minimum atomic E-state index is -0.0203. The van der Waals surface area contributed by atoms with Crippen LogP contribution in [-0.4, -0.2) is 19.3 Å². The van der Waals surface area contributed by atoms with Gasteiger partial charge in [-0.05, 0) is 37.1 Å². The standard InChI is InChI=1S/C19H24ClNO2/c1-14(2)13-22-19-11-7-5-9-17(19)21-12-15(3)23-18-10-6-4-8-16(18)20/h4-11,14-15,21H,12-13H2,1-3H3. The summed E-state index contributed by atoms with van der Waals surface area (Å²) in [6.07, 6.45) is -0.0203. The quantitative estimate of drug-likeness (QED) is 0.715. The maximum absolute atomic E-state index is 6.12. The second kappa shape index (κ2) is 8.68. The van der Waals surface area contributed by atoms with Gasteiger partial charge in [-0.2, -0.15) is 0 Å². The highest BCUT2D eigenvalue weighted by molar-refractivity contribution is 6.32. The molecule has 0 saturated carbocycles. The van der Waals surface area contributed by atoms with E-state index in [1.165, 1.54) is 0 Å². The van der Waals surface area contributed by atoms with Crippen molar-refractivity contribution in [3.05, 3.63) is 53.6 Å². The molecule has 1 N–H and O–H groups in total. The average molecular weight is 334 g/mol. The van der Waals surface area contributed by atoms with Crippen molar-refractivity contribution in [2.45, 2.75) is 26.9 Å². The number of benzene rings is 2. The molecular weight excluding hydrogens is 310 g/mol. The largest absolute Gasteiger partial charge is 0.491 e. The topological polar surface area (TPSA) is 30.5 Å². The van der Waals surface area contributed by atoms with Crippen molar-refractivity contribution in [1.82, 2.24) is 0 Å².